The van der Waals surface area contributed by atoms with Crippen molar-refractivity contribution >= 4 is 40.7 Å². The first-order valence-electron chi connectivity index (χ1n) is 8.69. The molecule has 2 aromatic carbocycles. The molecule has 1 aromatic heterocycles. The summed E-state index contributed by atoms with van der Waals surface area (Å²) in [4.78, 5) is 28.4. The molecule has 3 aromatic rings. The Bertz CT molecular complexity index is 1040. The van der Waals surface area contributed by atoms with Gasteiger partial charge in [-0.05, 0) is 30.3 Å². The summed E-state index contributed by atoms with van der Waals surface area (Å²) in [7, 11) is 1.53. The number of anilines is 1. The van der Waals surface area contributed by atoms with Crippen LogP contribution in [-0.2, 0) is 11.3 Å². The molecule has 0 saturated carbocycles. The average Bonchev–Trinajstić information content (AvgIpc) is 3.18. The molecule has 29 heavy (non-hydrogen) atoms. The second kappa shape index (κ2) is 9.56. The second-order valence-corrected chi connectivity index (χ2v) is 6.87. The van der Waals surface area contributed by atoms with Crippen molar-refractivity contribution in [3.8, 4) is 11.3 Å². The van der Waals surface area contributed by atoms with Crippen LogP contribution in [0.15, 0.2) is 53.1 Å². The number of rotatable bonds is 7. The van der Waals surface area contributed by atoms with Crippen LogP contribution in [0.2, 0.25) is 10.0 Å². The maximum absolute atomic E-state index is 12.2. The minimum absolute atomic E-state index is 0.0116. The molecule has 150 valence electrons. The maximum atomic E-state index is 12.2. The minimum atomic E-state index is -0.300. The van der Waals surface area contributed by atoms with E-state index in [1.165, 1.54) is 13.3 Å². The summed E-state index contributed by atoms with van der Waals surface area (Å²) in [6, 6.07) is 11.9. The Balaban J connectivity index is 1.56. The first-order chi connectivity index (χ1) is 14.0. The Morgan fingerprint density at radius 1 is 1.14 bits per heavy atom. The number of carbonyl (C=O) groups excluding carboxylic acids is 2. The molecule has 0 aliphatic heterocycles. The molecule has 7 nitrogen and oxygen atoms in total. The molecule has 0 saturated heterocycles. The number of hydrogen-bond acceptors (Lipinski definition) is 5. The van der Waals surface area contributed by atoms with Crippen molar-refractivity contribution in [3.63, 3.8) is 0 Å². The molecule has 0 bridgehead atoms. The molecular weight excluding hydrogens is 415 g/mol. The van der Waals surface area contributed by atoms with Crippen molar-refractivity contribution in [1.82, 2.24) is 15.6 Å². The molecular formula is C20H18Cl2N4O3. The Morgan fingerprint density at radius 2 is 1.93 bits per heavy atom. The summed E-state index contributed by atoms with van der Waals surface area (Å²) in [6.07, 6.45) is 1.48. The Kier molecular flexibility index (Phi) is 6.87. The van der Waals surface area contributed by atoms with Crippen molar-refractivity contribution in [2.75, 3.05) is 18.9 Å². The number of oxazole rings is 1. The number of aromatic nitrogens is 1. The molecule has 0 atom stereocenters. The zero-order chi connectivity index (χ0) is 20.8. The number of nitrogens with zero attached hydrogens (tertiary/aromatic N) is 1. The largest absolute Gasteiger partial charge is 0.447 e. The van der Waals surface area contributed by atoms with Crippen molar-refractivity contribution in [2.24, 2.45) is 0 Å². The Labute approximate surface area is 177 Å². The highest BCUT2D eigenvalue weighted by atomic mass is 35.5. The number of benzene rings is 2. The van der Waals surface area contributed by atoms with Crippen LogP contribution in [-0.4, -0.2) is 30.4 Å². The highest BCUT2D eigenvalue weighted by molar-refractivity contribution is 6.35. The molecule has 3 rings (SSSR count). The lowest BCUT2D eigenvalue weighted by atomic mass is 10.1. The molecule has 0 aliphatic rings. The van der Waals surface area contributed by atoms with Crippen molar-refractivity contribution in [1.29, 1.82) is 0 Å². The van der Waals surface area contributed by atoms with Gasteiger partial charge in [0.1, 0.15) is 12.0 Å². The lowest BCUT2D eigenvalue weighted by Crippen LogP contribution is -2.29. The number of para-hydroxylation sites is 1. The van der Waals surface area contributed by atoms with Gasteiger partial charge in [-0.1, -0.05) is 35.3 Å². The van der Waals surface area contributed by atoms with Crippen LogP contribution in [0.1, 0.15) is 16.2 Å². The van der Waals surface area contributed by atoms with E-state index in [1.807, 2.05) is 0 Å². The Hall–Kier alpha value is -2.87. The molecule has 0 unspecified atom stereocenters. The van der Waals surface area contributed by atoms with Gasteiger partial charge in [0.05, 0.1) is 29.4 Å². The van der Waals surface area contributed by atoms with Crippen molar-refractivity contribution in [2.45, 2.75) is 6.54 Å². The zero-order valence-electron chi connectivity index (χ0n) is 15.5. The van der Waals surface area contributed by atoms with Crippen LogP contribution < -0.4 is 16.0 Å². The van der Waals surface area contributed by atoms with Gasteiger partial charge < -0.3 is 15.1 Å². The number of hydrogen-bond donors (Lipinski definition) is 3. The van der Waals surface area contributed by atoms with Crippen LogP contribution in [0.25, 0.3) is 11.3 Å². The van der Waals surface area contributed by atoms with E-state index >= 15 is 0 Å². The van der Waals surface area contributed by atoms with Crippen LogP contribution >= 0.6 is 23.2 Å². The number of carbonyl (C=O) groups is 2. The fourth-order valence-corrected chi connectivity index (χ4v) is 3.00. The molecule has 0 aliphatic carbocycles. The lowest BCUT2D eigenvalue weighted by Gasteiger charge is -2.10. The van der Waals surface area contributed by atoms with Gasteiger partial charge in [0.25, 0.3) is 5.91 Å². The molecule has 0 fully saturated rings. The first-order valence-corrected chi connectivity index (χ1v) is 9.45. The van der Waals surface area contributed by atoms with E-state index in [9.17, 15) is 9.59 Å². The number of halogens is 2. The molecule has 1 heterocycles. The second-order valence-electron chi connectivity index (χ2n) is 6.03. The van der Waals surface area contributed by atoms with Gasteiger partial charge in [-0.15, -0.1) is 0 Å². The summed E-state index contributed by atoms with van der Waals surface area (Å²) in [5.41, 5.74) is 2.04. The lowest BCUT2D eigenvalue weighted by molar-refractivity contribution is -0.115. The molecule has 0 spiro atoms. The summed E-state index contributed by atoms with van der Waals surface area (Å²) in [5.74, 6) is -0.179. The van der Waals surface area contributed by atoms with E-state index in [-0.39, 0.29) is 24.9 Å². The number of amides is 2. The van der Waals surface area contributed by atoms with Gasteiger partial charge in [0.2, 0.25) is 11.8 Å². The van der Waals surface area contributed by atoms with Crippen molar-refractivity contribution < 1.29 is 14.0 Å². The summed E-state index contributed by atoms with van der Waals surface area (Å²) < 4.78 is 5.42. The normalized spacial score (nSPS) is 10.6. The number of nitrogens with one attached hydrogen (secondary N) is 3. The monoisotopic (exact) mass is 432 g/mol. The van der Waals surface area contributed by atoms with Gasteiger partial charge in [0.15, 0.2) is 0 Å². The fourth-order valence-electron chi connectivity index (χ4n) is 2.61. The van der Waals surface area contributed by atoms with Crippen LogP contribution in [0, 0.1) is 0 Å². The Morgan fingerprint density at radius 3 is 2.72 bits per heavy atom. The van der Waals surface area contributed by atoms with E-state index in [0.717, 1.165) is 0 Å². The third kappa shape index (κ3) is 5.35. The predicted molar refractivity (Wildman–Crippen MR) is 112 cm³/mol. The maximum Gasteiger partial charge on any atom is 0.253 e. The average molecular weight is 433 g/mol. The fraction of sp³-hybridized carbons (Fsp3) is 0.150. The molecule has 3 N–H and O–H groups in total. The van der Waals surface area contributed by atoms with E-state index < -0.39 is 0 Å². The third-order valence-electron chi connectivity index (χ3n) is 3.99. The van der Waals surface area contributed by atoms with Crippen LogP contribution in [0.3, 0.4) is 0 Å². The summed E-state index contributed by atoms with van der Waals surface area (Å²) >= 11 is 12.2. The van der Waals surface area contributed by atoms with Gasteiger partial charge >= 0.3 is 0 Å². The topological polar surface area (TPSA) is 96.3 Å². The van der Waals surface area contributed by atoms with Gasteiger partial charge in [0, 0.05) is 17.6 Å². The zero-order valence-corrected chi connectivity index (χ0v) is 17.0. The SMILES string of the molecule is CNC(=O)c1ccccc1NC(=O)CNCc1nc(-c2cc(Cl)ccc2Cl)co1. The van der Waals surface area contributed by atoms with Crippen LogP contribution in [0.5, 0.6) is 0 Å². The molecule has 9 heteroatoms. The van der Waals surface area contributed by atoms with Gasteiger partial charge in [-0.3, -0.25) is 14.9 Å². The van der Waals surface area contributed by atoms with E-state index in [2.05, 4.69) is 20.9 Å². The highest BCUT2D eigenvalue weighted by Crippen LogP contribution is 2.29. The summed E-state index contributed by atoms with van der Waals surface area (Å²) in [6.45, 7) is 0.250. The van der Waals surface area contributed by atoms with E-state index in [1.54, 1.807) is 42.5 Å². The first kappa shape index (κ1) is 20.9. The highest BCUT2D eigenvalue weighted by Gasteiger charge is 2.13. The quantitative estimate of drug-likeness (QED) is 0.528. The smallest absolute Gasteiger partial charge is 0.253 e. The van der Waals surface area contributed by atoms with E-state index in [4.69, 9.17) is 27.6 Å². The van der Waals surface area contributed by atoms with Gasteiger partial charge in [-0.25, -0.2) is 4.98 Å². The van der Waals surface area contributed by atoms with Crippen molar-refractivity contribution in [3.05, 3.63) is 70.2 Å². The van der Waals surface area contributed by atoms with E-state index in [0.29, 0.717) is 38.4 Å². The molecule has 2 amide bonds. The third-order valence-corrected chi connectivity index (χ3v) is 4.56. The van der Waals surface area contributed by atoms with Gasteiger partial charge in [-0.2, -0.15) is 0 Å². The summed E-state index contributed by atoms with van der Waals surface area (Å²) in [5, 5.41) is 9.25. The predicted octanol–water partition coefficient (Wildman–Crippen LogP) is 3.74. The standard InChI is InChI=1S/C20H18Cl2N4O3/c1-23-20(28)13-4-2-3-5-16(13)25-18(27)9-24-10-19-26-17(11-29-19)14-8-12(21)6-7-15(14)22/h2-8,11,24H,9-10H2,1H3,(H,23,28)(H,25,27). The van der Waals surface area contributed by atoms with Crippen LogP contribution in [0.4, 0.5) is 5.69 Å². The molecule has 0 radical (unpaired) electrons. The minimum Gasteiger partial charge on any atom is -0.447 e.